The number of nitrogens with zero attached hydrogens (tertiary/aromatic N) is 2. The summed E-state index contributed by atoms with van der Waals surface area (Å²) in [5.74, 6) is 0.508. The molecule has 0 heterocycles. The van der Waals surface area contributed by atoms with Crippen molar-refractivity contribution >= 4 is 5.69 Å². The third-order valence-electron chi connectivity index (χ3n) is 2.07. The molecule has 1 rings (SSSR count). The minimum absolute atomic E-state index is 0.0196. The molecular weight excluding hydrogens is 224 g/mol. The van der Waals surface area contributed by atoms with E-state index in [1.807, 2.05) is 19.0 Å². The summed E-state index contributed by atoms with van der Waals surface area (Å²) < 4.78 is 5.30. The van der Waals surface area contributed by atoms with Crippen LogP contribution in [0.2, 0.25) is 0 Å². The second-order valence-electron chi connectivity index (χ2n) is 3.98. The largest absolute Gasteiger partial charge is 0.491 e. The van der Waals surface area contributed by atoms with E-state index in [2.05, 4.69) is 0 Å². The first-order valence-corrected chi connectivity index (χ1v) is 5.19. The summed E-state index contributed by atoms with van der Waals surface area (Å²) in [5.41, 5.74) is 0.0196. The van der Waals surface area contributed by atoms with Gasteiger partial charge in [0.2, 0.25) is 0 Å². The highest BCUT2D eigenvalue weighted by Gasteiger charge is 2.08. The first-order chi connectivity index (χ1) is 7.99. The molecule has 0 saturated carbocycles. The zero-order valence-corrected chi connectivity index (χ0v) is 9.87. The number of hydrogen-bond donors (Lipinski definition) is 1. The molecule has 0 aliphatic rings. The van der Waals surface area contributed by atoms with Gasteiger partial charge in [0, 0.05) is 18.7 Å². The Labute approximate surface area is 99.6 Å². The number of likely N-dealkylation sites (N-methyl/N-ethyl adjacent to an activating group) is 1. The van der Waals surface area contributed by atoms with Crippen molar-refractivity contribution in [2.45, 2.75) is 6.10 Å². The van der Waals surface area contributed by atoms with Crippen molar-refractivity contribution in [3.05, 3.63) is 34.4 Å². The lowest BCUT2D eigenvalue weighted by Gasteiger charge is -2.16. The Hall–Kier alpha value is -1.66. The number of nitro groups is 1. The van der Waals surface area contributed by atoms with Gasteiger partial charge in [0.05, 0.1) is 4.92 Å². The molecule has 0 unspecified atom stereocenters. The molecule has 0 saturated heterocycles. The maximum absolute atomic E-state index is 10.4. The van der Waals surface area contributed by atoms with E-state index in [1.54, 1.807) is 0 Å². The van der Waals surface area contributed by atoms with Gasteiger partial charge in [0.1, 0.15) is 18.5 Å². The number of ether oxygens (including phenoxy) is 1. The molecule has 0 amide bonds. The molecule has 17 heavy (non-hydrogen) atoms. The molecule has 6 heteroatoms. The summed E-state index contributed by atoms with van der Waals surface area (Å²) in [7, 11) is 3.71. The number of nitro benzene ring substituents is 1. The van der Waals surface area contributed by atoms with Crippen LogP contribution in [0.5, 0.6) is 5.75 Å². The standard InChI is InChI=1S/C11H16N2O4/c1-12(2)7-10(14)8-17-11-5-3-9(4-6-11)13(15)16/h3-6,10,14H,7-8H2,1-2H3/t10-/m1/s1. The monoisotopic (exact) mass is 240 g/mol. The van der Waals surface area contributed by atoms with Gasteiger partial charge in [-0.3, -0.25) is 10.1 Å². The Morgan fingerprint density at radius 1 is 1.41 bits per heavy atom. The Morgan fingerprint density at radius 2 is 2.00 bits per heavy atom. The molecule has 94 valence electrons. The third-order valence-corrected chi connectivity index (χ3v) is 2.07. The minimum atomic E-state index is -0.583. The number of hydrogen-bond acceptors (Lipinski definition) is 5. The summed E-state index contributed by atoms with van der Waals surface area (Å²) in [6.07, 6.45) is -0.583. The molecule has 0 bridgehead atoms. The fourth-order valence-corrected chi connectivity index (χ4v) is 1.33. The van der Waals surface area contributed by atoms with Crippen molar-refractivity contribution in [3.8, 4) is 5.75 Å². The van der Waals surface area contributed by atoms with Crippen molar-refractivity contribution in [2.75, 3.05) is 27.2 Å². The maximum atomic E-state index is 10.4. The highest BCUT2D eigenvalue weighted by atomic mass is 16.6. The lowest BCUT2D eigenvalue weighted by atomic mass is 10.3. The molecule has 6 nitrogen and oxygen atoms in total. The molecule has 0 spiro atoms. The Balaban J connectivity index is 2.44. The summed E-state index contributed by atoms with van der Waals surface area (Å²) in [6, 6.07) is 5.77. The van der Waals surface area contributed by atoms with Crippen LogP contribution in [0.3, 0.4) is 0 Å². The van der Waals surface area contributed by atoms with E-state index in [-0.39, 0.29) is 12.3 Å². The molecule has 0 fully saturated rings. The smallest absolute Gasteiger partial charge is 0.269 e. The second-order valence-corrected chi connectivity index (χ2v) is 3.98. The normalized spacial score (nSPS) is 12.5. The predicted octanol–water partition coefficient (Wildman–Crippen LogP) is 0.896. The van der Waals surface area contributed by atoms with Crippen LogP contribution in [0.15, 0.2) is 24.3 Å². The van der Waals surface area contributed by atoms with Gasteiger partial charge in [-0.1, -0.05) is 0 Å². The molecule has 1 aromatic rings. The maximum Gasteiger partial charge on any atom is 0.269 e. The summed E-state index contributed by atoms with van der Waals surface area (Å²) in [4.78, 5) is 11.8. The van der Waals surface area contributed by atoms with Gasteiger partial charge in [-0.2, -0.15) is 0 Å². The molecule has 1 aromatic carbocycles. The van der Waals surface area contributed by atoms with Gasteiger partial charge in [-0.25, -0.2) is 0 Å². The van der Waals surface area contributed by atoms with Crippen LogP contribution >= 0.6 is 0 Å². The van der Waals surface area contributed by atoms with Gasteiger partial charge in [0.15, 0.2) is 0 Å². The van der Waals surface area contributed by atoms with Crippen molar-refractivity contribution < 1.29 is 14.8 Å². The highest BCUT2D eigenvalue weighted by Crippen LogP contribution is 2.17. The van der Waals surface area contributed by atoms with Gasteiger partial charge in [-0.05, 0) is 26.2 Å². The van der Waals surface area contributed by atoms with Gasteiger partial charge in [-0.15, -0.1) is 0 Å². The Kier molecular flexibility index (Phi) is 4.86. The molecular formula is C11H16N2O4. The van der Waals surface area contributed by atoms with E-state index in [0.717, 1.165) is 0 Å². The van der Waals surface area contributed by atoms with Crippen molar-refractivity contribution in [1.29, 1.82) is 0 Å². The average molecular weight is 240 g/mol. The van der Waals surface area contributed by atoms with Gasteiger partial charge in [0.25, 0.3) is 5.69 Å². The first kappa shape index (κ1) is 13.4. The van der Waals surface area contributed by atoms with Gasteiger partial charge < -0.3 is 14.7 Å². The van der Waals surface area contributed by atoms with Gasteiger partial charge >= 0.3 is 0 Å². The fraction of sp³-hybridized carbons (Fsp3) is 0.455. The van der Waals surface area contributed by atoms with Crippen molar-refractivity contribution in [2.24, 2.45) is 0 Å². The molecule has 0 radical (unpaired) electrons. The number of benzene rings is 1. The molecule has 1 N–H and O–H groups in total. The average Bonchev–Trinajstić information content (AvgIpc) is 2.26. The van der Waals surface area contributed by atoms with Crippen LogP contribution in [0.25, 0.3) is 0 Å². The van der Waals surface area contributed by atoms with Crippen LogP contribution < -0.4 is 4.74 Å². The van der Waals surface area contributed by atoms with Crippen LogP contribution in [0.4, 0.5) is 5.69 Å². The predicted molar refractivity (Wildman–Crippen MR) is 63.2 cm³/mol. The van der Waals surface area contributed by atoms with Crippen LogP contribution in [-0.4, -0.2) is 48.3 Å². The van der Waals surface area contributed by atoms with Crippen LogP contribution in [-0.2, 0) is 0 Å². The van der Waals surface area contributed by atoms with E-state index >= 15 is 0 Å². The summed E-state index contributed by atoms with van der Waals surface area (Å²) in [6.45, 7) is 0.670. The second kappa shape index (κ2) is 6.17. The summed E-state index contributed by atoms with van der Waals surface area (Å²) >= 11 is 0. The third kappa shape index (κ3) is 4.80. The van der Waals surface area contributed by atoms with Crippen LogP contribution in [0, 0.1) is 10.1 Å². The number of aliphatic hydroxyl groups excluding tert-OH is 1. The fourth-order valence-electron chi connectivity index (χ4n) is 1.33. The van der Waals surface area contributed by atoms with E-state index in [0.29, 0.717) is 12.3 Å². The van der Waals surface area contributed by atoms with E-state index in [4.69, 9.17) is 4.74 Å². The SMILES string of the molecule is CN(C)C[C@@H](O)COc1ccc([N+](=O)[O-])cc1. The minimum Gasteiger partial charge on any atom is -0.491 e. The number of aliphatic hydroxyl groups is 1. The zero-order chi connectivity index (χ0) is 12.8. The Bertz CT molecular complexity index is 364. The first-order valence-electron chi connectivity index (χ1n) is 5.19. The lowest BCUT2D eigenvalue weighted by Crippen LogP contribution is -2.30. The molecule has 0 aliphatic heterocycles. The quantitative estimate of drug-likeness (QED) is 0.590. The highest BCUT2D eigenvalue weighted by molar-refractivity contribution is 5.35. The van der Waals surface area contributed by atoms with E-state index < -0.39 is 11.0 Å². The van der Waals surface area contributed by atoms with Crippen molar-refractivity contribution in [1.82, 2.24) is 4.90 Å². The number of non-ortho nitro benzene ring substituents is 1. The topological polar surface area (TPSA) is 75.8 Å². The van der Waals surface area contributed by atoms with Crippen LogP contribution in [0.1, 0.15) is 0 Å². The zero-order valence-electron chi connectivity index (χ0n) is 9.87. The molecule has 0 aromatic heterocycles. The lowest BCUT2D eigenvalue weighted by molar-refractivity contribution is -0.384. The number of rotatable bonds is 6. The van der Waals surface area contributed by atoms with E-state index in [9.17, 15) is 15.2 Å². The van der Waals surface area contributed by atoms with Crippen molar-refractivity contribution in [3.63, 3.8) is 0 Å². The molecule has 0 aliphatic carbocycles. The summed E-state index contributed by atoms with van der Waals surface area (Å²) in [5, 5.41) is 20.0. The van der Waals surface area contributed by atoms with E-state index in [1.165, 1.54) is 24.3 Å². The Morgan fingerprint density at radius 3 is 2.47 bits per heavy atom. The molecule has 1 atom stereocenters.